The van der Waals surface area contributed by atoms with Crippen LogP contribution in [0.5, 0.6) is 0 Å². The van der Waals surface area contributed by atoms with Gasteiger partial charge in [-0.05, 0) is 29.8 Å². The van der Waals surface area contributed by atoms with E-state index in [0.717, 1.165) is 22.0 Å². The Morgan fingerprint density at radius 3 is 2.12 bits per heavy atom. The molecule has 82 valence electrons. The Morgan fingerprint density at radius 1 is 1.06 bits per heavy atom. The lowest BCUT2D eigenvalue weighted by Gasteiger charge is -2.17. The van der Waals surface area contributed by atoms with Gasteiger partial charge in [0.2, 0.25) is 0 Å². The zero-order valence-electron chi connectivity index (χ0n) is 9.82. The van der Waals surface area contributed by atoms with Gasteiger partial charge >= 0.3 is 0 Å². The number of benzene rings is 2. The second kappa shape index (κ2) is 3.97. The SMILES string of the molecule is CC(=O)c1cc2ccccc2cc1N(C)C. The summed E-state index contributed by atoms with van der Waals surface area (Å²) < 4.78 is 0. The summed E-state index contributed by atoms with van der Waals surface area (Å²) in [6.45, 7) is 1.61. The Balaban J connectivity index is 2.76. The molecule has 0 spiro atoms. The smallest absolute Gasteiger partial charge is 0.161 e. The molecule has 0 aromatic heterocycles. The van der Waals surface area contributed by atoms with Crippen molar-refractivity contribution in [2.24, 2.45) is 0 Å². The summed E-state index contributed by atoms with van der Waals surface area (Å²) in [6.07, 6.45) is 0. The number of Topliss-reactive ketones (excluding diaryl/α,β-unsaturated/α-hetero) is 1. The first-order valence-electron chi connectivity index (χ1n) is 5.30. The lowest BCUT2D eigenvalue weighted by atomic mass is 10.0. The molecule has 0 aliphatic heterocycles. The fourth-order valence-electron chi connectivity index (χ4n) is 1.88. The van der Waals surface area contributed by atoms with Crippen molar-refractivity contribution in [3.63, 3.8) is 0 Å². The van der Waals surface area contributed by atoms with Crippen LogP contribution in [0.4, 0.5) is 5.69 Å². The highest BCUT2D eigenvalue weighted by atomic mass is 16.1. The Bertz CT molecular complexity index is 543. The summed E-state index contributed by atoms with van der Waals surface area (Å²) in [5.74, 6) is 0.106. The van der Waals surface area contributed by atoms with Gasteiger partial charge in [0.25, 0.3) is 0 Å². The summed E-state index contributed by atoms with van der Waals surface area (Å²) in [5.41, 5.74) is 1.76. The maximum atomic E-state index is 11.6. The number of ketones is 1. The molecule has 0 unspecified atom stereocenters. The largest absolute Gasteiger partial charge is 0.377 e. The molecule has 0 radical (unpaired) electrons. The number of hydrogen-bond acceptors (Lipinski definition) is 2. The molecule has 2 nitrogen and oxygen atoms in total. The molecular formula is C14H15NO. The molecule has 2 aromatic rings. The van der Waals surface area contributed by atoms with Gasteiger partial charge in [-0.2, -0.15) is 0 Å². The fourth-order valence-corrected chi connectivity index (χ4v) is 1.88. The van der Waals surface area contributed by atoms with Crippen LogP contribution in [0.25, 0.3) is 10.8 Å². The highest BCUT2D eigenvalue weighted by Crippen LogP contribution is 2.26. The van der Waals surface area contributed by atoms with Crippen molar-refractivity contribution in [2.45, 2.75) is 6.92 Å². The van der Waals surface area contributed by atoms with E-state index < -0.39 is 0 Å². The van der Waals surface area contributed by atoms with Crippen molar-refractivity contribution in [1.29, 1.82) is 0 Å². The van der Waals surface area contributed by atoms with Crippen molar-refractivity contribution in [3.8, 4) is 0 Å². The summed E-state index contributed by atoms with van der Waals surface area (Å²) >= 11 is 0. The van der Waals surface area contributed by atoms with E-state index in [2.05, 4.69) is 12.1 Å². The second-order valence-corrected chi connectivity index (χ2v) is 4.17. The van der Waals surface area contributed by atoms with Gasteiger partial charge in [-0.15, -0.1) is 0 Å². The molecule has 2 aromatic carbocycles. The summed E-state index contributed by atoms with van der Waals surface area (Å²) in [5, 5.41) is 2.27. The van der Waals surface area contributed by atoms with Gasteiger partial charge in [0, 0.05) is 25.3 Å². The number of rotatable bonds is 2. The number of anilines is 1. The van der Waals surface area contributed by atoms with Gasteiger partial charge in [-0.3, -0.25) is 4.79 Å². The molecule has 0 aliphatic carbocycles. The average molecular weight is 213 g/mol. The molecule has 0 N–H and O–H groups in total. The molecule has 2 heteroatoms. The molecule has 16 heavy (non-hydrogen) atoms. The first-order chi connectivity index (χ1) is 7.59. The van der Waals surface area contributed by atoms with E-state index in [1.807, 2.05) is 43.3 Å². The number of nitrogens with zero attached hydrogens (tertiary/aromatic N) is 1. The maximum Gasteiger partial charge on any atom is 0.161 e. The maximum absolute atomic E-state index is 11.6. The molecule has 0 fully saturated rings. The summed E-state index contributed by atoms with van der Waals surface area (Å²) in [4.78, 5) is 13.6. The molecule has 0 aliphatic rings. The Hall–Kier alpha value is -1.83. The second-order valence-electron chi connectivity index (χ2n) is 4.17. The Labute approximate surface area is 95.5 Å². The van der Waals surface area contributed by atoms with Crippen molar-refractivity contribution in [2.75, 3.05) is 19.0 Å². The van der Waals surface area contributed by atoms with Gasteiger partial charge in [-0.1, -0.05) is 24.3 Å². The Morgan fingerprint density at radius 2 is 1.62 bits per heavy atom. The number of carbonyl (C=O) groups excluding carboxylic acids is 1. The Kier molecular flexibility index (Phi) is 2.65. The number of fused-ring (bicyclic) bond motifs is 1. The topological polar surface area (TPSA) is 20.3 Å². The predicted octanol–water partition coefficient (Wildman–Crippen LogP) is 3.11. The normalized spacial score (nSPS) is 10.4. The quantitative estimate of drug-likeness (QED) is 0.714. The summed E-state index contributed by atoms with van der Waals surface area (Å²) in [6, 6.07) is 12.1. The molecule has 0 bridgehead atoms. The first kappa shape index (κ1) is 10.7. The van der Waals surface area contributed by atoms with Gasteiger partial charge in [0.05, 0.1) is 0 Å². The van der Waals surface area contributed by atoms with Gasteiger partial charge in [0.1, 0.15) is 0 Å². The van der Waals surface area contributed by atoms with E-state index in [1.165, 1.54) is 0 Å². The number of carbonyl (C=O) groups is 1. The highest BCUT2D eigenvalue weighted by molar-refractivity contribution is 6.04. The first-order valence-corrected chi connectivity index (χ1v) is 5.30. The van der Waals surface area contributed by atoms with E-state index in [4.69, 9.17) is 0 Å². The standard InChI is InChI=1S/C14H15NO/c1-10(16)13-8-11-6-4-5-7-12(11)9-14(13)15(2)3/h4-9H,1-3H3. The third-order valence-corrected chi connectivity index (χ3v) is 2.73. The highest BCUT2D eigenvalue weighted by Gasteiger charge is 2.10. The number of hydrogen-bond donors (Lipinski definition) is 0. The third kappa shape index (κ3) is 1.78. The molecule has 0 amide bonds. The van der Waals surface area contributed by atoms with Crippen LogP contribution in [-0.4, -0.2) is 19.9 Å². The van der Waals surface area contributed by atoms with E-state index in [1.54, 1.807) is 6.92 Å². The van der Waals surface area contributed by atoms with Crippen LogP contribution in [0.1, 0.15) is 17.3 Å². The van der Waals surface area contributed by atoms with Gasteiger partial charge in [-0.25, -0.2) is 0 Å². The zero-order valence-corrected chi connectivity index (χ0v) is 9.82. The van der Waals surface area contributed by atoms with Gasteiger partial charge < -0.3 is 4.90 Å². The van der Waals surface area contributed by atoms with Crippen LogP contribution < -0.4 is 4.90 Å². The van der Waals surface area contributed by atoms with Crippen molar-refractivity contribution in [3.05, 3.63) is 42.0 Å². The predicted molar refractivity (Wildman–Crippen MR) is 68.3 cm³/mol. The molecule has 0 saturated heterocycles. The lowest BCUT2D eigenvalue weighted by molar-refractivity contribution is 0.101. The molecular weight excluding hydrogens is 198 g/mol. The van der Waals surface area contributed by atoms with Gasteiger partial charge in [0.15, 0.2) is 5.78 Å². The van der Waals surface area contributed by atoms with Crippen LogP contribution in [0.15, 0.2) is 36.4 Å². The fraction of sp³-hybridized carbons (Fsp3) is 0.214. The molecule has 0 saturated carbocycles. The average Bonchev–Trinajstić information content (AvgIpc) is 2.27. The van der Waals surface area contributed by atoms with Crippen LogP contribution in [0, 0.1) is 0 Å². The van der Waals surface area contributed by atoms with Crippen molar-refractivity contribution >= 4 is 22.2 Å². The summed E-state index contributed by atoms with van der Waals surface area (Å²) in [7, 11) is 3.91. The van der Waals surface area contributed by atoms with E-state index in [9.17, 15) is 4.79 Å². The molecule has 0 atom stereocenters. The third-order valence-electron chi connectivity index (χ3n) is 2.73. The van der Waals surface area contributed by atoms with E-state index in [-0.39, 0.29) is 5.78 Å². The zero-order chi connectivity index (χ0) is 11.7. The van der Waals surface area contributed by atoms with Crippen molar-refractivity contribution < 1.29 is 4.79 Å². The minimum atomic E-state index is 0.106. The van der Waals surface area contributed by atoms with Crippen LogP contribution >= 0.6 is 0 Å². The molecule has 0 heterocycles. The minimum absolute atomic E-state index is 0.106. The minimum Gasteiger partial charge on any atom is -0.377 e. The lowest BCUT2D eigenvalue weighted by Crippen LogP contribution is -2.12. The van der Waals surface area contributed by atoms with E-state index >= 15 is 0 Å². The van der Waals surface area contributed by atoms with Crippen molar-refractivity contribution in [1.82, 2.24) is 0 Å². The van der Waals surface area contributed by atoms with E-state index in [0.29, 0.717) is 0 Å². The van der Waals surface area contributed by atoms with Crippen LogP contribution in [-0.2, 0) is 0 Å². The molecule has 2 rings (SSSR count). The van der Waals surface area contributed by atoms with Crippen LogP contribution in [0.3, 0.4) is 0 Å². The van der Waals surface area contributed by atoms with Crippen LogP contribution in [0.2, 0.25) is 0 Å². The monoisotopic (exact) mass is 213 g/mol.